The van der Waals surface area contributed by atoms with Crippen molar-refractivity contribution in [2.45, 2.75) is 89.0 Å². The first-order chi connectivity index (χ1) is 14.5. The summed E-state index contributed by atoms with van der Waals surface area (Å²) >= 11 is 8.18. The smallest absolute Gasteiger partial charge is 0.348 e. The molecular weight excluding hydrogens is 416 g/mol. The van der Waals surface area contributed by atoms with Gasteiger partial charge in [-0.3, -0.25) is 0 Å². The molecule has 1 N–H and O–H groups in total. The van der Waals surface area contributed by atoms with E-state index in [0.29, 0.717) is 16.7 Å². The number of esters is 1. The molecule has 0 spiro atoms. The molecule has 30 heavy (non-hydrogen) atoms. The number of thiophene rings is 1. The van der Waals surface area contributed by atoms with Crippen LogP contribution in [0.15, 0.2) is 24.3 Å². The molecular formula is C25H37ClO3S. The molecule has 2 aliphatic carbocycles. The Kier molecular flexibility index (Phi) is 8.85. The fourth-order valence-corrected chi connectivity index (χ4v) is 6.68. The minimum absolute atomic E-state index is 0.159. The lowest BCUT2D eigenvalue weighted by Gasteiger charge is -2.45. The van der Waals surface area contributed by atoms with E-state index in [1.807, 2.05) is 12.1 Å². The first-order valence-corrected chi connectivity index (χ1v) is 12.9. The Morgan fingerprint density at radius 1 is 1.40 bits per heavy atom. The second kappa shape index (κ2) is 11.2. The third kappa shape index (κ3) is 5.69. The van der Waals surface area contributed by atoms with E-state index >= 15 is 0 Å². The van der Waals surface area contributed by atoms with Crippen molar-refractivity contribution in [3.8, 4) is 0 Å². The van der Waals surface area contributed by atoms with Gasteiger partial charge in [-0.1, -0.05) is 25.5 Å². The highest BCUT2D eigenvalue weighted by Gasteiger charge is 2.41. The Balaban J connectivity index is 1.42. The maximum absolute atomic E-state index is 11.6. The molecule has 1 aromatic heterocycles. The molecule has 168 valence electrons. The predicted molar refractivity (Wildman–Crippen MR) is 125 cm³/mol. The van der Waals surface area contributed by atoms with Gasteiger partial charge in [-0.25, -0.2) is 4.79 Å². The molecule has 5 heteroatoms. The monoisotopic (exact) mass is 452 g/mol. The van der Waals surface area contributed by atoms with Crippen molar-refractivity contribution < 1.29 is 14.6 Å². The van der Waals surface area contributed by atoms with Crippen molar-refractivity contribution in [1.29, 1.82) is 0 Å². The topological polar surface area (TPSA) is 46.5 Å². The van der Waals surface area contributed by atoms with Gasteiger partial charge in [0.25, 0.3) is 0 Å². The molecule has 2 fully saturated rings. The zero-order valence-corrected chi connectivity index (χ0v) is 20.0. The number of hydrogen-bond donors (Lipinski definition) is 1. The highest BCUT2D eigenvalue weighted by atomic mass is 35.5. The van der Waals surface area contributed by atoms with Crippen LogP contribution in [0, 0.1) is 17.3 Å². The van der Waals surface area contributed by atoms with Crippen LogP contribution in [-0.2, 0) is 11.2 Å². The van der Waals surface area contributed by atoms with E-state index in [1.165, 1.54) is 44.1 Å². The van der Waals surface area contributed by atoms with E-state index in [0.717, 1.165) is 38.5 Å². The molecule has 2 aliphatic rings. The number of hydrogen-bond acceptors (Lipinski definition) is 4. The van der Waals surface area contributed by atoms with E-state index in [1.54, 1.807) is 11.3 Å². The maximum Gasteiger partial charge on any atom is 0.348 e. The van der Waals surface area contributed by atoms with Gasteiger partial charge in [0, 0.05) is 10.3 Å². The fourth-order valence-electron chi connectivity index (χ4n) is 5.30. The number of carbonyl (C=O) groups is 1. The zero-order valence-electron chi connectivity index (χ0n) is 18.4. The van der Waals surface area contributed by atoms with Gasteiger partial charge in [-0.15, -0.1) is 22.9 Å². The summed E-state index contributed by atoms with van der Waals surface area (Å²) in [5.74, 6) is 0.841. The number of halogens is 1. The molecule has 0 aromatic carbocycles. The Bertz CT molecular complexity index is 703. The molecule has 1 heterocycles. The van der Waals surface area contributed by atoms with E-state index < -0.39 is 0 Å². The van der Waals surface area contributed by atoms with E-state index in [2.05, 4.69) is 19.1 Å². The Labute approximate surface area is 190 Å². The number of aliphatic hydroxyl groups is 1. The second-order valence-corrected chi connectivity index (χ2v) is 10.9. The molecule has 2 unspecified atom stereocenters. The van der Waals surface area contributed by atoms with Crippen LogP contribution in [0.1, 0.15) is 85.7 Å². The molecule has 0 radical (unpaired) electrons. The average molecular weight is 453 g/mol. The van der Waals surface area contributed by atoms with E-state index in [-0.39, 0.29) is 22.9 Å². The molecule has 0 saturated heterocycles. The summed E-state index contributed by atoms with van der Waals surface area (Å²) < 4.78 is 4.79. The summed E-state index contributed by atoms with van der Waals surface area (Å²) in [5.41, 5.74) is 0.203. The Morgan fingerprint density at radius 3 is 2.87 bits per heavy atom. The van der Waals surface area contributed by atoms with Crippen LogP contribution in [0.3, 0.4) is 0 Å². The van der Waals surface area contributed by atoms with Crippen LogP contribution in [0.4, 0.5) is 0 Å². The molecule has 1 aromatic rings. The summed E-state index contributed by atoms with van der Waals surface area (Å²) in [7, 11) is 1.42. The molecule has 4 atom stereocenters. The number of alkyl halides is 1. The van der Waals surface area contributed by atoms with Crippen molar-refractivity contribution >= 4 is 28.9 Å². The molecule has 0 aliphatic heterocycles. The zero-order chi connectivity index (χ0) is 21.6. The molecule has 0 bridgehead atoms. The van der Waals surface area contributed by atoms with Crippen LogP contribution in [0.5, 0.6) is 0 Å². The summed E-state index contributed by atoms with van der Waals surface area (Å²) in [4.78, 5) is 13.5. The van der Waals surface area contributed by atoms with Crippen molar-refractivity contribution in [1.82, 2.24) is 0 Å². The number of allylic oxidation sites excluding steroid dienone is 2. The first kappa shape index (κ1) is 23.8. The van der Waals surface area contributed by atoms with E-state index in [9.17, 15) is 9.90 Å². The lowest BCUT2D eigenvalue weighted by atomic mass is 9.62. The first-order valence-electron chi connectivity index (χ1n) is 11.6. The SMILES string of the molecule is CCC1(C(O)CC/C=C/C2[C@@H](CCCc3ccc(C(=O)OC)s3)CC[C@H]2Cl)CCC1. The quantitative estimate of drug-likeness (QED) is 0.229. The van der Waals surface area contributed by atoms with Crippen LogP contribution in [0.25, 0.3) is 0 Å². The van der Waals surface area contributed by atoms with E-state index in [4.69, 9.17) is 16.3 Å². The van der Waals surface area contributed by atoms with Gasteiger partial charge in [0.15, 0.2) is 0 Å². The lowest BCUT2D eigenvalue weighted by molar-refractivity contribution is -0.0414. The third-order valence-electron chi connectivity index (χ3n) is 7.55. The number of aryl methyl sites for hydroxylation is 1. The minimum Gasteiger partial charge on any atom is -0.465 e. The minimum atomic E-state index is -0.246. The highest BCUT2D eigenvalue weighted by molar-refractivity contribution is 7.13. The van der Waals surface area contributed by atoms with Gasteiger partial charge >= 0.3 is 5.97 Å². The van der Waals surface area contributed by atoms with Crippen molar-refractivity contribution in [2.24, 2.45) is 17.3 Å². The van der Waals surface area contributed by atoms with Gasteiger partial charge in [0.1, 0.15) is 4.88 Å². The molecule has 3 rings (SSSR count). The van der Waals surface area contributed by atoms with Crippen molar-refractivity contribution in [3.05, 3.63) is 34.0 Å². The van der Waals surface area contributed by atoms with Gasteiger partial charge in [-0.2, -0.15) is 0 Å². The fraction of sp³-hybridized carbons (Fsp3) is 0.720. The summed E-state index contributed by atoms with van der Waals surface area (Å²) in [6.45, 7) is 2.21. The number of carbonyl (C=O) groups excluding carboxylic acids is 1. The highest BCUT2D eigenvalue weighted by Crippen LogP contribution is 2.48. The molecule has 3 nitrogen and oxygen atoms in total. The number of aliphatic hydroxyl groups excluding tert-OH is 1. The van der Waals surface area contributed by atoms with Gasteiger partial charge in [-0.05, 0) is 93.6 Å². The number of methoxy groups -OCH3 is 1. The number of ether oxygens (including phenoxy) is 1. The van der Waals surface area contributed by atoms with Crippen molar-refractivity contribution in [2.75, 3.05) is 7.11 Å². The third-order valence-corrected chi connectivity index (χ3v) is 9.18. The average Bonchev–Trinajstić information content (AvgIpc) is 3.32. The largest absolute Gasteiger partial charge is 0.465 e. The predicted octanol–water partition coefficient (Wildman–Crippen LogP) is 6.77. The molecule has 0 amide bonds. The Morgan fingerprint density at radius 2 is 2.20 bits per heavy atom. The van der Waals surface area contributed by atoms with Crippen molar-refractivity contribution in [3.63, 3.8) is 0 Å². The maximum atomic E-state index is 11.6. The standard InChI is InChI=1S/C25H37ClO3S/c1-3-25(16-7-17-25)23(27)11-5-4-10-20-18(12-14-21(20)26)8-6-9-19-13-15-22(30-19)24(28)29-2/h4,10,13,15,18,20-21,23,27H,3,5-9,11-12,14,16-17H2,1-2H3/b10-4+/t18-,20?,21+,23?/m0/s1. The normalized spacial score (nSPS) is 26.6. The van der Waals surface area contributed by atoms with Gasteiger partial charge in [0.2, 0.25) is 0 Å². The van der Waals surface area contributed by atoms with Crippen LogP contribution in [-0.4, -0.2) is 29.7 Å². The van der Waals surface area contributed by atoms with Gasteiger partial charge in [0.05, 0.1) is 13.2 Å². The lowest BCUT2D eigenvalue weighted by Crippen LogP contribution is -2.40. The summed E-state index contributed by atoms with van der Waals surface area (Å²) in [6.07, 6.45) is 16.6. The van der Waals surface area contributed by atoms with Crippen LogP contribution < -0.4 is 0 Å². The number of rotatable bonds is 11. The van der Waals surface area contributed by atoms with Crippen LogP contribution in [0.2, 0.25) is 0 Å². The molecule has 2 saturated carbocycles. The van der Waals surface area contributed by atoms with Gasteiger partial charge < -0.3 is 9.84 Å². The van der Waals surface area contributed by atoms with Crippen LogP contribution >= 0.6 is 22.9 Å². The summed E-state index contributed by atoms with van der Waals surface area (Å²) in [6, 6.07) is 3.91. The summed E-state index contributed by atoms with van der Waals surface area (Å²) in [5, 5.41) is 10.8. The Hall–Kier alpha value is -0.840. The second-order valence-electron chi connectivity index (χ2n) is 9.17.